The van der Waals surface area contributed by atoms with Crippen LogP contribution in [-0.4, -0.2) is 147 Å². The maximum absolute atomic E-state index is 16.2. The quantitative estimate of drug-likeness (QED) is 0.0767. The van der Waals surface area contributed by atoms with Crippen LogP contribution < -0.4 is 25.8 Å². The topological polar surface area (TPSA) is 197 Å². The highest BCUT2D eigenvalue weighted by Crippen LogP contribution is 2.38. The molecule has 4 N–H and O–H groups in total. The van der Waals surface area contributed by atoms with Crippen LogP contribution >= 0.6 is 11.3 Å². The van der Waals surface area contributed by atoms with Gasteiger partial charge in [-0.3, -0.25) is 28.9 Å². The van der Waals surface area contributed by atoms with Crippen molar-refractivity contribution >= 4 is 58.2 Å². The number of hydrogen-bond acceptors (Lipinski definition) is 13. The number of halogens is 5. The second kappa shape index (κ2) is 24.1. The third-order valence-electron chi connectivity index (χ3n) is 14.9. The maximum atomic E-state index is 16.2. The molecule has 3 aromatic carbocycles. The number of amides is 5. The summed E-state index contributed by atoms with van der Waals surface area (Å²) in [4.78, 5) is 91.2. The van der Waals surface area contributed by atoms with Crippen LogP contribution in [0.25, 0.3) is 21.6 Å². The predicted molar refractivity (Wildman–Crippen MR) is 290 cm³/mol. The number of carbonyl (C=O) groups is 5. The van der Waals surface area contributed by atoms with E-state index in [1.54, 1.807) is 42.5 Å². The van der Waals surface area contributed by atoms with E-state index in [-0.39, 0.29) is 85.3 Å². The fourth-order valence-electron chi connectivity index (χ4n) is 10.2. The molecule has 17 nitrogen and oxygen atoms in total. The third kappa shape index (κ3) is 13.7. The summed E-state index contributed by atoms with van der Waals surface area (Å²) in [5.41, 5.74) is 2.04. The Hall–Kier alpha value is -7.11. The van der Waals surface area contributed by atoms with Crippen molar-refractivity contribution in [1.29, 1.82) is 0 Å². The molecule has 23 heteroatoms. The van der Waals surface area contributed by atoms with Crippen molar-refractivity contribution in [1.82, 2.24) is 40.3 Å². The number of hydrogen-bond donors (Lipinski definition) is 4. The molecular weight excluding hydrogens is 1050 g/mol. The highest BCUT2D eigenvalue weighted by molar-refractivity contribution is 7.13. The number of aliphatic hydroxyl groups is 1. The van der Waals surface area contributed by atoms with Crippen LogP contribution in [0.5, 0.6) is 0 Å². The molecule has 1 unspecified atom stereocenters. The zero-order valence-electron chi connectivity index (χ0n) is 45.2. The minimum Gasteiger partial charge on any atom is -0.391 e. The van der Waals surface area contributed by atoms with E-state index in [2.05, 4.69) is 35.8 Å². The first-order valence-corrected chi connectivity index (χ1v) is 27.1. The maximum Gasteiger partial charge on any atom is 0.417 e. The van der Waals surface area contributed by atoms with Crippen LogP contribution in [0.4, 0.5) is 39.3 Å². The molecule has 5 amide bonds. The summed E-state index contributed by atoms with van der Waals surface area (Å²) in [5, 5.41) is 18.9. The van der Waals surface area contributed by atoms with Gasteiger partial charge in [0.05, 0.1) is 44.7 Å². The van der Waals surface area contributed by atoms with E-state index in [4.69, 9.17) is 0 Å². The summed E-state index contributed by atoms with van der Waals surface area (Å²) in [6.45, 7) is 13.6. The molecule has 0 radical (unpaired) electrons. The monoisotopic (exact) mass is 1120 g/mol. The van der Waals surface area contributed by atoms with Gasteiger partial charge in [-0.2, -0.15) is 13.2 Å². The van der Waals surface area contributed by atoms with E-state index in [1.807, 2.05) is 61.9 Å². The Morgan fingerprint density at radius 3 is 2.13 bits per heavy atom. The predicted octanol–water partition coefficient (Wildman–Crippen LogP) is 7.28. The minimum atomic E-state index is -5.03. The first kappa shape index (κ1) is 58.0. The average Bonchev–Trinajstić information content (AvgIpc) is 4.05. The van der Waals surface area contributed by atoms with E-state index in [9.17, 15) is 46.6 Å². The Bertz CT molecular complexity index is 3030. The third-order valence-corrected chi connectivity index (χ3v) is 15.9. The van der Waals surface area contributed by atoms with Crippen molar-refractivity contribution in [3.8, 4) is 21.6 Å². The molecule has 3 saturated heterocycles. The molecule has 79 heavy (non-hydrogen) atoms. The Kier molecular flexibility index (Phi) is 17.7. The van der Waals surface area contributed by atoms with E-state index >= 15 is 4.39 Å². The number of alkyl halides is 3. The molecule has 0 saturated carbocycles. The van der Waals surface area contributed by atoms with E-state index in [1.165, 1.54) is 29.4 Å². The number of rotatable bonds is 15. The summed E-state index contributed by atoms with van der Waals surface area (Å²) in [6, 6.07) is 10.1. The first-order chi connectivity index (χ1) is 37.4. The van der Waals surface area contributed by atoms with Crippen molar-refractivity contribution in [2.45, 2.75) is 110 Å². The number of benzene rings is 3. The smallest absolute Gasteiger partial charge is 0.391 e. The lowest BCUT2D eigenvalue weighted by Crippen LogP contribution is -2.57. The second-order valence-electron chi connectivity index (χ2n) is 21.7. The van der Waals surface area contributed by atoms with Crippen molar-refractivity contribution in [3.05, 3.63) is 107 Å². The number of aromatic nitrogens is 3. The summed E-state index contributed by atoms with van der Waals surface area (Å²) in [7, 11) is 1.95. The summed E-state index contributed by atoms with van der Waals surface area (Å²) < 4.78 is 72.2. The average molecular weight is 1120 g/mol. The van der Waals surface area contributed by atoms with Crippen molar-refractivity contribution in [3.63, 3.8) is 0 Å². The molecule has 2 aromatic heterocycles. The molecular formula is C56H66F5N11O6S. The number of carbonyl (C=O) groups excluding carboxylic acids is 5. The minimum absolute atomic E-state index is 0.00767. The highest BCUT2D eigenvalue weighted by Gasteiger charge is 2.45. The Morgan fingerprint density at radius 1 is 0.835 bits per heavy atom. The summed E-state index contributed by atoms with van der Waals surface area (Å²) in [6.07, 6.45) is -2.90. The van der Waals surface area contributed by atoms with Crippen molar-refractivity contribution < 1.29 is 51.0 Å². The molecule has 3 aliphatic rings. The fourth-order valence-corrected chi connectivity index (χ4v) is 11.0. The number of nitrogens with one attached hydrogen (secondary N) is 3. The number of β-amino-alcohol motifs (C(OH)–C–C–N with tert-alkyl or cyclic N) is 1. The van der Waals surface area contributed by atoms with Gasteiger partial charge in [0.2, 0.25) is 29.6 Å². The van der Waals surface area contributed by atoms with Gasteiger partial charge in [-0.05, 0) is 81.1 Å². The van der Waals surface area contributed by atoms with E-state index in [0.29, 0.717) is 45.2 Å². The second-order valence-corrected chi connectivity index (χ2v) is 22.6. The molecule has 5 aromatic rings. The van der Waals surface area contributed by atoms with Gasteiger partial charge in [0.15, 0.2) is 0 Å². The van der Waals surface area contributed by atoms with Crippen LogP contribution in [-0.2, 0) is 31.9 Å². The van der Waals surface area contributed by atoms with Gasteiger partial charge < -0.3 is 40.7 Å². The van der Waals surface area contributed by atoms with Crippen molar-refractivity contribution in [2.24, 2.45) is 5.41 Å². The van der Waals surface area contributed by atoms with Crippen LogP contribution in [0.3, 0.4) is 0 Å². The van der Waals surface area contributed by atoms with Crippen LogP contribution in [0.1, 0.15) is 87.5 Å². The molecule has 0 aliphatic carbocycles. The van der Waals surface area contributed by atoms with Gasteiger partial charge >= 0.3 is 6.18 Å². The number of likely N-dealkylation sites (N-methyl/N-ethyl adjacent to an activating group) is 1. The zero-order valence-corrected chi connectivity index (χ0v) is 46.0. The lowest BCUT2D eigenvalue weighted by atomic mass is 9.85. The highest BCUT2D eigenvalue weighted by atomic mass is 32.1. The van der Waals surface area contributed by atoms with Gasteiger partial charge in [0.1, 0.15) is 23.7 Å². The molecule has 5 atom stereocenters. The van der Waals surface area contributed by atoms with Gasteiger partial charge in [-0.1, -0.05) is 45.0 Å². The lowest BCUT2D eigenvalue weighted by Gasteiger charge is -2.44. The SMILES string of the molecule is Cc1ncsc1-c1ccc(CNC(=O)[C@@H]2C[C@@H](O)CN2C(=O)C(NC(=O)CCCC(=O)N2CCN(c3ncc(-c4cc(NC(=O)c5ccc(F)cc5C(F)(F)F)c(N5C[C@@H](C)N(C)[C@@H](C)C5)cc4F)cn3)CC2)C(C)(C)C)cc1. The Morgan fingerprint density at radius 2 is 1.51 bits per heavy atom. The number of aryl methyl sites for hydroxylation is 1. The Balaban J connectivity index is 0.842. The van der Waals surface area contributed by atoms with Crippen LogP contribution in [0, 0.1) is 24.0 Å². The number of anilines is 3. The molecule has 422 valence electrons. The van der Waals surface area contributed by atoms with Crippen LogP contribution in [0.2, 0.25) is 0 Å². The number of nitrogens with zero attached hydrogens (tertiary/aromatic N) is 8. The number of aliphatic hydroxyl groups excluding tert-OH is 1. The molecule has 0 spiro atoms. The molecule has 3 fully saturated rings. The molecule has 8 rings (SSSR count). The normalized spacial score (nSPS) is 19.6. The molecule has 0 bridgehead atoms. The standard InChI is InChI=1S/C56H66F5N11O6S/c1-32-28-71(29-33(2)68(32)7)45-24-43(58)41(23-44(45)66-51(76)40-16-15-38(57)21-42(40)56(59,60)61)37-26-63-54(64-27-37)70-19-17-69(18-20-70)48(75)10-8-9-47(74)67-50(55(4,5)6)53(78)72-30-39(73)22-46(72)52(77)62-25-35-11-13-36(14-12-35)49-34(3)65-31-79-49/h11-16,21,23-24,26-27,31-33,39,46,50,73H,8-10,17-20,22,25,28-30H2,1-7H3,(H,62,77)(H,66,76)(H,67,74)/t32-,33+,39-,46+,50?/m1/s1. The van der Waals surface area contributed by atoms with Gasteiger partial charge in [-0.25, -0.2) is 23.7 Å². The van der Waals surface area contributed by atoms with E-state index in [0.717, 1.165) is 33.8 Å². The van der Waals surface area contributed by atoms with E-state index < -0.39 is 76.2 Å². The van der Waals surface area contributed by atoms with Crippen LogP contribution in [0.15, 0.2) is 72.5 Å². The summed E-state index contributed by atoms with van der Waals surface area (Å²) in [5.74, 6) is -4.23. The van der Waals surface area contributed by atoms with Gasteiger partial charge in [-0.15, -0.1) is 11.3 Å². The fraction of sp³-hybridized carbons (Fsp3) is 0.464. The summed E-state index contributed by atoms with van der Waals surface area (Å²) >= 11 is 1.55. The number of thiazole rings is 1. The Labute approximate surface area is 459 Å². The van der Waals surface area contributed by atoms with Crippen molar-refractivity contribution in [2.75, 3.05) is 68.0 Å². The van der Waals surface area contributed by atoms with Gasteiger partial charge in [0, 0.05) is 107 Å². The number of piperazine rings is 2. The number of likely N-dealkylation sites (tertiary alicyclic amines) is 1. The lowest BCUT2D eigenvalue weighted by molar-refractivity contribution is -0.144. The molecule has 3 aliphatic heterocycles. The zero-order chi connectivity index (χ0) is 57.1. The molecule has 5 heterocycles. The van der Waals surface area contributed by atoms with Gasteiger partial charge in [0.25, 0.3) is 5.91 Å². The first-order valence-electron chi connectivity index (χ1n) is 26.2. The largest absolute Gasteiger partial charge is 0.417 e.